The minimum Gasteiger partial charge on any atom is -0.460 e. The average molecular weight is 563 g/mol. The first kappa shape index (κ1) is 28.8. The number of fused-ring (bicyclic) bond motifs is 1. The van der Waals surface area contributed by atoms with E-state index >= 15 is 0 Å². The number of pyridine rings is 1. The van der Waals surface area contributed by atoms with Crippen molar-refractivity contribution < 1.29 is 28.3 Å². The highest BCUT2D eigenvalue weighted by Crippen LogP contribution is 2.27. The van der Waals surface area contributed by atoms with Crippen molar-refractivity contribution in [2.24, 2.45) is 0 Å². The van der Waals surface area contributed by atoms with Crippen LogP contribution in [0, 0.1) is 0 Å². The lowest BCUT2D eigenvalue weighted by Gasteiger charge is -2.31. The third-order valence-corrected chi connectivity index (χ3v) is 6.93. The number of carbonyl (C=O) groups excluding carboxylic acids is 2. The Bertz CT molecular complexity index is 1320. The maximum atomic E-state index is 13.4. The number of aromatic nitrogens is 1. The van der Waals surface area contributed by atoms with E-state index in [1.807, 2.05) is 51.1 Å². The summed E-state index contributed by atoms with van der Waals surface area (Å²) in [6.45, 7) is 8.31. The molecule has 1 aromatic carbocycles. The Morgan fingerprint density at radius 3 is 2.76 bits per heavy atom. The largest absolute Gasteiger partial charge is 0.460 e. The standard InChI is InChI=1S/C31H38N4O6/c1-31(2,3)40-30(37)35(24-15-16-34(20-24)21-25-18-23-8-4-5-9-26(23)39-25)27-13-11-22(19-32-27)12-14-28(36)33-41-29-10-6-7-17-38-29/h4-5,8-9,11-14,18-19,24,29H,6-7,10,15-17,20-21H2,1-3H3,(H,33,36)/t24-,29?/m1/s1. The summed E-state index contributed by atoms with van der Waals surface area (Å²) < 4.78 is 17.2. The lowest BCUT2D eigenvalue weighted by Crippen LogP contribution is -2.45. The number of amides is 2. The van der Waals surface area contributed by atoms with Crippen molar-refractivity contribution in [1.82, 2.24) is 15.4 Å². The second kappa shape index (κ2) is 12.8. The molecule has 1 unspecified atom stereocenters. The molecule has 2 aromatic heterocycles. The van der Waals surface area contributed by atoms with Crippen molar-refractivity contribution in [3.05, 3.63) is 66.1 Å². The van der Waals surface area contributed by atoms with E-state index in [1.165, 1.54) is 6.08 Å². The lowest BCUT2D eigenvalue weighted by atomic mass is 10.2. The quantitative estimate of drug-likeness (QED) is 0.286. The molecule has 2 aliphatic rings. The normalized spacial score (nSPS) is 20.0. The summed E-state index contributed by atoms with van der Waals surface area (Å²) in [5.74, 6) is 0.994. The minimum absolute atomic E-state index is 0.118. The minimum atomic E-state index is -0.650. The van der Waals surface area contributed by atoms with Crippen LogP contribution in [0.25, 0.3) is 17.0 Å². The van der Waals surface area contributed by atoms with Crippen LogP contribution in [0.5, 0.6) is 0 Å². The number of anilines is 1. The van der Waals surface area contributed by atoms with Gasteiger partial charge in [-0.15, -0.1) is 0 Å². The van der Waals surface area contributed by atoms with Crippen molar-refractivity contribution in [3.8, 4) is 0 Å². The molecule has 2 amide bonds. The molecule has 10 nitrogen and oxygen atoms in total. The van der Waals surface area contributed by atoms with Gasteiger partial charge in [0, 0.05) is 43.8 Å². The highest BCUT2D eigenvalue weighted by molar-refractivity contribution is 5.91. The number of para-hydroxylation sites is 1. The first-order valence-electron chi connectivity index (χ1n) is 14.2. The molecule has 0 saturated carbocycles. The van der Waals surface area contributed by atoms with Gasteiger partial charge >= 0.3 is 6.09 Å². The molecular formula is C31H38N4O6. The van der Waals surface area contributed by atoms with Gasteiger partial charge in [0.2, 0.25) is 0 Å². The van der Waals surface area contributed by atoms with Crippen LogP contribution in [0.4, 0.5) is 10.6 Å². The number of nitrogens with one attached hydrogen (secondary N) is 1. The molecule has 0 bridgehead atoms. The summed E-state index contributed by atoms with van der Waals surface area (Å²) in [6, 6.07) is 13.5. The predicted octanol–water partition coefficient (Wildman–Crippen LogP) is 5.43. The van der Waals surface area contributed by atoms with Crippen LogP contribution in [0.1, 0.15) is 57.8 Å². The number of nitrogens with zero attached hydrogens (tertiary/aromatic N) is 3. The van der Waals surface area contributed by atoms with E-state index in [1.54, 1.807) is 23.2 Å². The lowest BCUT2D eigenvalue weighted by molar-refractivity contribution is -0.198. The molecule has 0 spiro atoms. The zero-order chi connectivity index (χ0) is 28.8. The van der Waals surface area contributed by atoms with Crippen LogP contribution >= 0.6 is 0 Å². The zero-order valence-corrected chi connectivity index (χ0v) is 23.9. The first-order valence-corrected chi connectivity index (χ1v) is 14.2. The molecule has 0 radical (unpaired) electrons. The molecule has 1 N–H and O–H groups in total. The molecule has 2 atom stereocenters. The number of rotatable bonds is 8. The summed E-state index contributed by atoms with van der Waals surface area (Å²) in [6.07, 6.45) is 7.32. The number of ether oxygens (including phenoxy) is 2. The highest BCUT2D eigenvalue weighted by Gasteiger charge is 2.35. The van der Waals surface area contributed by atoms with Crippen molar-refractivity contribution in [3.63, 3.8) is 0 Å². The van der Waals surface area contributed by atoms with E-state index in [0.29, 0.717) is 31.1 Å². The van der Waals surface area contributed by atoms with Crippen LogP contribution in [0.15, 0.2) is 59.2 Å². The van der Waals surface area contributed by atoms with Crippen molar-refractivity contribution in [2.75, 3.05) is 24.6 Å². The Morgan fingerprint density at radius 2 is 2.02 bits per heavy atom. The van der Waals surface area contributed by atoms with Gasteiger partial charge in [-0.2, -0.15) is 0 Å². The molecule has 3 aromatic rings. The Balaban J connectivity index is 1.23. The van der Waals surface area contributed by atoms with Crippen LogP contribution in [-0.4, -0.2) is 59.5 Å². The third-order valence-electron chi connectivity index (χ3n) is 6.93. The van der Waals surface area contributed by atoms with Crippen molar-refractivity contribution >= 4 is 34.9 Å². The Hall–Kier alpha value is -3.73. The van der Waals surface area contributed by atoms with Crippen LogP contribution in [0.3, 0.4) is 0 Å². The third kappa shape index (κ3) is 7.93. The smallest absolute Gasteiger partial charge is 0.416 e. The van der Waals surface area contributed by atoms with Gasteiger partial charge < -0.3 is 13.9 Å². The fourth-order valence-corrected chi connectivity index (χ4v) is 5.01. The molecule has 2 fully saturated rings. The number of hydrogen-bond acceptors (Lipinski definition) is 8. The first-order chi connectivity index (χ1) is 19.7. The van der Waals surface area contributed by atoms with E-state index in [2.05, 4.69) is 21.4 Å². The molecule has 5 rings (SSSR count). The topological polar surface area (TPSA) is 106 Å². The van der Waals surface area contributed by atoms with Crippen LogP contribution < -0.4 is 10.4 Å². The van der Waals surface area contributed by atoms with E-state index in [4.69, 9.17) is 18.7 Å². The van der Waals surface area contributed by atoms with Gasteiger partial charge in [0.25, 0.3) is 5.91 Å². The van der Waals surface area contributed by atoms with Crippen molar-refractivity contribution in [2.45, 2.75) is 70.9 Å². The van der Waals surface area contributed by atoms with Crippen LogP contribution in [-0.2, 0) is 25.7 Å². The summed E-state index contributed by atoms with van der Waals surface area (Å²) in [5, 5.41) is 1.08. The molecule has 218 valence electrons. The second-order valence-corrected chi connectivity index (χ2v) is 11.4. The number of benzene rings is 1. The fraction of sp³-hybridized carbons (Fsp3) is 0.452. The predicted molar refractivity (Wildman–Crippen MR) is 155 cm³/mol. The van der Waals surface area contributed by atoms with E-state index in [-0.39, 0.29) is 6.04 Å². The molecule has 0 aliphatic carbocycles. The van der Waals surface area contributed by atoms with Gasteiger partial charge in [0.15, 0.2) is 6.29 Å². The van der Waals surface area contributed by atoms with Crippen LogP contribution in [0.2, 0.25) is 0 Å². The van der Waals surface area contributed by atoms with E-state index in [0.717, 1.165) is 49.0 Å². The SMILES string of the molecule is CC(C)(C)OC(=O)N(c1ccc(C=CC(=O)NOC2CCCCO2)cn1)[C@@H]1CCN(Cc2cc3ccccc3o2)C1. The summed E-state index contributed by atoms with van der Waals surface area (Å²) in [4.78, 5) is 39.3. The van der Waals surface area contributed by atoms with Gasteiger partial charge in [0.1, 0.15) is 22.8 Å². The molecule has 10 heteroatoms. The number of carbonyl (C=O) groups is 2. The van der Waals surface area contributed by atoms with Crippen molar-refractivity contribution in [1.29, 1.82) is 0 Å². The summed E-state index contributed by atoms with van der Waals surface area (Å²) in [7, 11) is 0. The maximum Gasteiger partial charge on any atom is 0.416 e. The van der Waals surface area contributed by atoms with Gasteiger partial charge in [-0.25, -0.2) is 20.1 Å². The monoisotopic (exact) mass is 562 g/mol. The number of likely N-dealkylation sites (tertiary alicyclic amines) is 1. The fourth-order valence-electron chi connectivity index (χ4n) is 5.01. The average Bonchev–Trinajstić information content (AvgIpc) is 3.57. The number of hydroxylamine groups is 1. The molecular weight excluding hydrogens is 524 g/mol. The maximum absolute atomic E-state index is 13.4. The Labute approximate surface area is 240 Å². The molecule has 2 aliphatic heterocycles. The number of furan rings is 1. The summed E-state index contributed by atoms with van der Waals surface area (Å²) >= 11 is 0. The van der Waals surface area contributed by atoms with Gasteiger partial charge in [0.05, 0.1) is 12.6 Å². The van der Waals surface area contributed by atoms with Gasteiger partial charge in [-0.05, 0) is 75.9 Å². The van der Waals surface area contributed by atoms with E-state index in [9.17, 15) is 9.59 Å². The highest BCUT2D eigenvalue weighted by atomic mass is 16.8. The zero-order valence-electron chi connectivity index (χ0n) is 23.9. The molecule has 2 saturated heterocycles. The second-order valence-electron chi connectivity index (χ2n) is 11.4. The molecule has 4 heterocycles. The molecule has 41 heavy (non-hydrogen) atoms. The Morgan fingerprint density at radius 1 is 1.17 bits per heavy atom. The summed E-state index contributed by atoms with van der Waals surface area (Å²) in [5.41, 5.74) is 3.33. The van der Waals surface area contributed by atoms with E-state index < -0.39 is 23.9 Å². The van der Waals surface area contributed by atoms with Gasteiger partial charge in [-0.3, -0.25) is 14.6 Å². The van der Waals surface area contributed by atoms with Gasteiger partial charge in [-0.1, -0.05) is 18.2 Å². The number of hydrogen-bond donors (Lipinski definition) is 1. The Kier molecular flexibility index (Phi) is 9.02.